The first-order valence-electron chi connectivity index (χ1n) is 4.39. The van der Waals surface area contributed by atoms with Crippen LogP contribution in [-0.4, -0.2) is 10.1 Å². The van der Waals surface area contributed by atoms with Crippen LogP contribution in [0.2, 0.25) is 0 Å². The number of aryl methyl sites for hydroxylation is 1. The first kappa shape index (κ1) is 8.21. The molecular formula is C10H10N2O. The highest BCUT2D eigenvalue weighted by Crippen LogP contribution is 2.27. The summed E-state index contributed by atoms with van der Waals surface area (Å²) in [7, 11) is 0. The molecule has 1 aliphatic carbocycles. The molecule has 3 heteroatoms. The molecule has 1 aliphatic rings. The van der Waals surface area contributed by atoms with Gasteiger partial charge in [0.15, 0.2) is 0 Å². The second-order valence-electron chi connectivity index (χ2n) is 3.25. The Morgan fingerprint density at radius 1 is 1.54 bits per heavy atom. The Morgan fingerprint density at radius 2 is 2.38 bits per heavy atom. The fraction of sp³-hybridized carbons (Fsp3) is 0.400. The number of hydrogen-bond donors (Lipinski definition) is 1. The second kappa shape index (κ2) is 3.15. The number of nitriles is 1. The van der Waals surface area contributed by atoms with Crippen molar-refractivity contribution in [1.82, 2.24) is 4.98 Å². The predicted octanol–water partition coefficient (Wildman–Crippen LogP) is 1.32. The van der Waals surface area contributed by atoms with Crippen molar-refractivity contribution in [3.63, 3.8) is 0 Å². The van der Waals surface area contributed by atoms with E-state index in [9.17, 15) is 5.11 Å². The van der Waals surface area contributed by atoms with Crippen molar-refractivity contribution in [2.24, 2.45) is 0 Å². The van der Waals surface area contributed by atoms with E-state index in [1.54, 1.807) is 6.07 Å². The van der Waals surface area contributed by atoms with Crippen molar-refractivity contribution in [3.8, 4) is 6.07 Å². The summed E-state index contributed by atoms with van der Waals surface area (Å²) in [6.45, 7) is 0. The SMILES string of the molecule is N#Cc1ccc2c(n1)CCC[C@H]2O. The number of nitrogens with zero attached hydrogens (tertiary/aromatic N) is 2. The lowest BCUT2D eigenvalue weighted by atomic mass is 9.93. The normalized spacial score (nSPS) is 20.5. The molecule has 0 fully saturated rings. The van der Waals surface area contributed by atoms with Crippen LogP contribution in [0.15, 0.2) is 12.1 Å². The number of aliphatic hydroxyl groups excluding tert-OH is 1. The van der Waals surface area contributed by atoms with Crippen molar-refractivity contribution in [2.45, 2.75) is 25.4 Å². The number of aromatic nitrogens is 1. The van der Waals surface area contributed by atoms with Crippen LogP contribution in [0.4, 0.5) is 0 Å². The molecule has 13 heavy (non-hydrogen) atoms. The van der Waals surface area contributed by atoms with Gasteiger partial charge in [0, 0.05) is 11.3 Å². The van der Waals surface area contributed by atoms with Gasteiger partial charge in [0.1, 0.15) is 11.8 Å². The molecule has 0 saturated carbocycles. The molecular weight excluding hydrogens is 164 g/mol. The van der Waals surface area contributed by atoms with Gasteiger partial charge in [-0.1, -0.05) is 6.07 Å². The largest absolute Gasteiger partial charge is 0.388 e. The van der Waals surface area contributed by atoms with Crippen molar-refractivity contribution in [2.75, 3.05) is 0 Å². The van der Waals surface area contributed by atoms with Crippen LogP contribution in [0.5, 0.6) is 0 Å². The van der Waals surface area contributed by atoms with Crippen molar-refractivity contribution >= 4 is 0 Å². The molecule has 1 N–H and O–H groups in total. The number of pyridine rings is 1. The molecule has 1 aromatic rings. The maximum absolute atomic E-state index is 9.60. The van der Waals surface area contributed by atoms with E-state index in [0.717, 1.165) is 30.5 Å². The molecule has 1 heterocycles. The number of hydrogen-bond acceptors (Lipinski definition) is 3. The molecule has 0 aliphatic heterocycles. The number of rotatable bonds is 0. The van der Waals surface area contributed by atoms with Gasteiger partial charge in [0.05, 0.1) is 6.10 Å². The molecule has 3 nitrogen and oxygen atoms in total. The minimum Gasteiger partial charge on any atom is -0.388 e. The monoisotopic (exact) mass is 174 g/mol. The predicted molar refractivity (Wildman–Crippen MR) is 46.8 cm³/mol. The Kier molecular flexibility index (Phi) is 1.99. The topological polar surface area (TPSA) is 56.9 Å². The molecule has 0 aromatic carbocycles. The maximum Gasteiger partial charge on any atom is 0.140 e. The summed E-state index contributed by atoms with van der Waals surface area (Å²) in [6, 6.07) is 5.47. The fourth-order valence-electron chi connectivity index (χ4n) is 1.70. The third kappa shape index (κ3) is 1.41. The third-order valence-electron chi connectivity index (χ3n) is 2.37. The highest BCUT2D eigenvalue weighted by atomic mass is 16.3. The molecule has 0 saturated heterocycles. The van der Waals surface area contributed by atoms with Gasteiger partial charge in [-0.15, -0.1) is 0 Å². The summed E-state index contributed by atoms with van der Waals surface area (Å²) >= 11 is 0. The van der Waals surface area contributed by atoms with Crippen LogP contribution in [0.1, 0.15) is 35.9 Å². The Labute approximate surface area is 76.7 Å². The fourth-order valence-corrected chi connectivity index (χ4v) is 1.70. The molecule has 1 atom stereocenters. The van der Waals surface area contributed by atoms with E-state index in [2.05, 4.69) is 4.98 Å². The Bertz CT molecular complexity index is 368. The van der Waals surface area contributed by atoms with Gasteiger partial charge in [-0.05, 0) is 25.3 Å². The van der Waals surface area contributed by atoms with Gasteiger partial charge in [-0.25, -0.2) is 4.98 Å². The Balaban J connectivity index is 2.47. The zero-order chi connectivity index (χ0) is 9.26. The van der Waals surface area contributed by atoms with E-state index >= 15 is 0 Å². The van der Waals surface area contributed by atoms with Gasteiger partial charge in [0.25, 0.3) is 0 Å². The maximum atomic E-state index is 9.60. The van der Waals surface area contributed by atoms with Crippen molar-refractivity contribution in [3.05, 3.63) is 29.1 Å². The highest BCUT2D eigenvalue weighted by Gasteiger charge is 2.18. The van der Waals surface area contributed by atoms with Gasteiger partial charge < -0.3 is 5.11 Å². The molecule has 2 rings (SSSR count). The van der Waals surface area contributed by atoms with Crippen LogP contribution in [0.3, 0.4) is 0 Å². The lowest BCUT2D eigenvalue weighted by Crippen LogP contribution is -2.11. The lowest BCUT2D eigenvalue weighted by Gasteiger charge is -2.19. The third-order valence-corrected chi connectivity index (χ3v) is 2.37. The van der Waals surface area contributed by atoms with Crippen LogP contribution in [0.25, 0.3) is 0 Å². The molecule has 1 aromatic heterocycles. The highest BCUT2D eigenvalue weighted by molar-refractivity contribution is 5.31. The van der Waals surface area contributed by atoms with Crippen LogP contribution in [0, 0.1) is 11.3 Å². The second-order valence-corrected chi connectivity index (χ2v) is 3.25. The summed E-state index contributed by atoms with van der Waals surface area (Å²) in [5.74, 6) is 0. The molecule has 0 unspecified atom stereocenters. The standard InChI is InChI=1S/C10H10N2O/c11-6-7-4-5-8-9(12-7)2-1-3-10(8)13/h4-5,10,13H,1-3H2/t10-/m1/s1. The smallest absolute Gasteiger partial charge is 0.140 e. The Hall–Kier alpha value is -1.40. The summed E-state index contributed by atoms with van der Waals surface area (Å²) in [6.07, 6.45) is 2.25. The van der Waals surface area contributed by atoms with E-state index in [1.165, 1.54) is 0 Å². The number of aliphatic hydroxyl groups is 1. The van der Waals surface area contributed by atoms with Crippen molar-refractivity contribution < 1.29 is 5.11 Å². The average Bonchev–Trinajstić information content (AvgIpc) is 2.18. The first-order chi connectivity index (χ1) is 6.31. The van der Waals surface area contributed by atoms with Gasteiger partial charge in [-0.2, -0.15) is 5.26 Å². The van der Waals surface area contributed by atoms with Gasteiger partial charge >= 0.3 is 0 Å². The van der Waals surface area contributed by atoms with E-state index in [0.29, 0.717) is 5.69 Å². The summed E-state index contributed by atoms with van der Waals surface area (Å²) < 4.78 is 0. The zero-order valence-electron chi connectivity index (χ0n) is 7.20. The van der Waals surface area contributed by atoms with E-state index < -0.39 is 0 Å². The van der Waals surface area contributed by atoms with E-state index in [-0.39, 0.29) is 6.10 Å². The molecule has 0 amide bonds. The summed E-state index contributed by atoms with van der Waals surface area (Å²) in [5.41, 5.74) is 2.22. The minimum absolute atomic E-state index is 0.385. The van der Waals surface area contributed by atoms with E-state index in [1.807, 2.05) is 12.1 Å². The number of fused-ring (bicyclic) bond motifs is 1. The van der Waals surface area contributed by atoms with Gasteiger partial charge in [-0.3, -0.25) is 0 Å². The van der Waals surface area contributed by atoms with Crippen LogP contribution in [-0.2, 0) is 6.42 Å². The molecule has 66 valence electrons. The van der Waals surface area contributed by atoms with Crippen LogP contribution >= 0.6 is 0 Å². The Morgan fingerprint density at radius 3 is 3.15 bits per heavy atom. The lowest BCUT2D eigenvalue weighted by molar-refractivity contribution is 0.155. The molecule has 0 bridgehead atoms. The van der Waals surface area contributed by atoms with Gasteiger partial charge in [0.2, 0.25) is 0 Å². The molecule has 0 spiro atoms. The summed E-state index contributed by atoms with van der Waals surface area (Å²) in [5, 5.41) is 18.2. The first-order valence-corrected chi connectivity index (χ1v) is 4.39. The van der Waals surface area contributed by atoms with Crippen LogP contribution < -0.4 is 0 Å². The van der Waals surface area contributed by atoms with E-state index in [4.69, 9.17) is 5.26 Å². The minimum atomic E-state index is -0.385. The summed E-state index contributed by atoms with van der Waals surface area (Å²) in [4.78, 5) is 4.16. The average molecular weight is 174 g/mol. The molecule has 0 radical (unpaired) electrons. The van der Waals surface area contributed by atoms with Crippen molar-refractivity contribution in [1.29, 1.82) is 5.26 Å². The quantitative estimate of drug-likeness (QED) is 0.645. The zero-order valence-corrected chi connectivity index (χ0v) is 7.20.